The number of hydrogen-bond donors (Lipinski definition) is 1. The number of nitrogens with zero attached hydrogens (tertiary/aromatic N) is 3. The van der Waals surface area contributed by atoms with Gasteiger partial charge in [-0.25, -0.2) is 10.0 Å². The fourth-order valence-electron chi connectivity index (χ4n) is 1.44. The second kappa shape index (κ2) is 2.70. The van der Waals surface area contributed by atoms with E-state index < -0.39 is 0 Å². The fourth-order valence-corrected chi connectivity index (χ4v) is 1.44. The predicted molar refractivity (Wildman–Crippen MR) is 55.1 cm³/mol. The molecule has 0 saturated carbocycles. The van der Waals surface area contributed by atoms with Crippen LogP contribution in [0.25, 0.3) is 0 Å². The molecule has 0 aliphatic carbocycles. The number of aromatic nitrogens is 1. The lowest BCUT2D eigenvalue weighted by Crippen LogP contribution is -2.33. The van der Waals surface area contributed by atoms with Crippen LogP contribution in [0.2, 0.25) is 0 Å². The minimum Gasteiger partial charge on any atom is -0.291 e. The van der Waals surface area contributed by atoms with Crippen LogP contribution in [0.4, 0.5) is 11.4 Å². The standard InChI is InChI=1S/C10H8N4/c1-2-6-14-10(3-1)12-9-7-11-5-4-8(9)13-14/h1-7,13H. The highest BCUT2D eigenvalue weighted by Crippen LogP contribution is 2.28. The molecule has 2 aliphatic rings. The third kappa shape index (κ3) is 1.01. The molecule has 0 fully saturated rings. The van der Waals surface area contributed by atoms with Gasteiger partial charge in [-0.3, -0.25) is 10.4 Å². The van der Waals surface area contributed by atoms with Crippen LogP contribution in [0.5, 0.6) is 0 Å². The number of rotatable bonds is 0. The molecule has 1 aromatic heterocycles. The largest absolute Gasteiger partial charge is 0.291 e. The molecular formula is C10H8N4. The lowest BCUT2D eigenvalue weighted by molar-refractivity contribution is 0.663. The fraction of sp³-hybridized carbons (Fsp3) is 0. The Hall–Kier alpha value is -2.10. The summed E-state index contributed by atoms with van der Waals surface area (Å²) in [6, 6.07) is 1.90. The molecule has 2 aliphatic heterocycles. The van der Waals surface area contributed by atoms with Gasteiger partial charge in [-0.05, 0) is 18.2 Å². The summed E-state index contributed by atoms with van der Waals surface area (Å²) in [5, 5.41) is 1.88. The van der Waals surface area contributed by atoms with E-state index >= 15 is 0 Å². The van der Waals surface area contributed by atoms with Crippen molar-refractivity contribution in [1.82, 2.24) is 9.99 Å². The molecule has 0 bridgehead atoms. The SMILES string of the molecule is C1=CC2=Nc3cnccc3NN2C=C1. The number of pyridine rings is 1. The highest BCUT2D eigenvalue weighted by atomic mass is 15.5. The van der Waals surface area contributed by atoms with Crippen molar-refractivity contribution >= 4 is 17.2 Å². The Kier molecular flexibility index (Phi) is 1.41. The van der Waals surface area contributed by atoms with E-state index in [4.69, 9.17) is 0 Å². The average Bonchev–Trinajstić information content (AvgIpc) is 2.26. The number of hydrogen-bond acceptors (Lipinski definition) is 4. The van der Waals surface area contributed by atoms with Gasteiger partial charge in [0.2, 0.25) is 0 Å². The van der Waals surface area contributed by atoms with Crippen molar-refractivity contribution < 1.29 is 0 Å². The van der Waals surface area contributed by atoms with Crippen molar-refractivity contribution in [2.24, 2.45) is 4.99 Å². The topological polar surface area (TPSA) is 40.5 Å². The first-order valence-electron chi connectivity index (χ1n) is 4.37. The Labute approximate surface area is 81.3 Å². The highest BCUT2D eigenvalue weighted by Gasteiger charge is 2.15. The molecule has 0 spiro atoms. The molecule has 14 heavy (non-hydrogen) atoms. The summed E-state index contributed by atoms with van der Waals surface area (Å²) in [5.74, 6) is 0.882. The number of hydrazine groups is 1. The van der Waals surface area contributed by atoms with Gasteiger partial charge in [0.15, 0.2) is 5.84 Å². The van der Waals surface area contributed by atoms with Crippen LogP contribution in [0.15, 0.2) is 47.9 Å². The number of allylic oxidation sites excluding steroid dienone is 2. The number of nitrogens with one attached hydrogen (secondary N) is 1. The zero-order valence-corrected chi connectivity index (χ0v) is 7.38. The van der Waals surface area contributed by atoms with Crippen LogP contribution in [-0.2, 0) is 0 Å². The normalized spacial score (nSPS) is 16.9. The molecular weight excluding hydrogens is 176 g/mol. The molecule has 0 aromatic carbocycles. The Morgan fingerprint density at radius 2 is 2.29 bits per heavy atom. The number of anilines is 1. The third-order valence-electron chi connectivity index (χ3n) is 2.11. The molecule has 0 saturated heterocycles. The summed E-state index contributed by atoms with van der Waals surface area (Å²) >= 11 is 0. The van der Waals surface area contributed by atoms with E-state index in [9.17, 15) is 0 Å². The first-order valence-corrected chi connectivity index (χ1v) is 4.37. The van der Waals surface area contributed by atoms with Crippen molar-refractivity contribution in [3.8, 4) is 0 Å². The van der Waals surface area contributed by atoms with Crippen LogP contribution < -0.4 is 5.43 Å². The van der Waals surface area contributed by atoms with Gasteiger partial charge in [0.05, 0.1) is 11.9 Å². The van der Waals surface area contributed by atoms with Crippen molar-refractivity contribution in [2.75, 3.05) is 5.43 Å². The summed E-state index contributed by atoms with van der Waals surface area (Å²) < 4.78 is 0. The molecule has 0 atom stereocenters. The second-order valence-electron chi connectivity index (χ2n) is 3.05. The maximum Gasteiger partial charge on any atom is 0.152 e. The molecule has 3 rings (SSSR count). The molecule has 4 nitrogen and oxygen atoms in total. The second-order valence-corrected chi connectivity index (χ2v) is 3.05. The summed E-state index contributed by atoms with van der Waals surface area (Å²) in [7, 11) is 0. The van der Waals surface area contributed by atoms with E-state index in [1.807, 2.05) is 35.5 Å². The van der Waals surface area contributed by atoms with Gasteiger partial charge in [0.1, 0.15) is 5.69 Å². The Bertz CT molecular complexity index is 459. The van der Waals surface area contributed by atoms with E-state index in [1.54, 1.807) is 12.4 Å². The number of fused-ring (bicyclic) bond motifs is 2. The van der Waals surface area contributed by atoms with Gasteiger partial charge in [-0.2, -0.15) is 0 Å². The average molecular weight is 184 g/mol. The molecule has 3 heterocycles. The molecule has 68 valence electrons. The Morgan fingerprint density at radius 1 is 1.29 bits per heavy atom. The molecule has 0 radical (unpaired) electrons. The Balaban J connectivity index is 2.13. The summed E-state index contributed by atoms with van der Waals surface area (Å²) in [5.41, 5.74) is 5.07. The van der Waals surface area contributed by atoms with Gasteiger partial charge >= 0.3 is 0 Å². The molecule has 0 unspecified atom stereocenters. The molecule has 1 N–H and O–H groups in total. The van der Waals surface area contributed by atoms with Crippen LogP contribution in [0, 0.1) is 0 Å². The van der Waals surface area contributed by atoms with Crippen molar-refractivity contribution in [1.29, 1.82) is 0 Å². The van der Waals surface area contributed by atoms with E-state index in [1.165, 1.54) is 0 Å². The van der Waals surface area contributed by atoms with Crippen molar-refractivity contribution in [3.05, 3.63) is 42.9 Å². The minimum atomic E-state index is 0.874. The van der Waals surface area contributed by atoms with E-state index in [0.717, 1.165) is 17.2 Å². The van der Waals surface area contributed by atoms with Gasteiger partial charge in [-0.1, -0.05) is 6.08 Å². The van der Waals surface area contributed by atoms with E-state index in [2.05, 4.69) is 15.4 Å². The van der Waals surface area contributed by atoms with Crippen LogP contribution in [0.3, 0.4) is 0 Å². The Morgan fingerprint density at radius 3 is 3.29 bits per heavy atom. The molecule has 4 heteroatoms. The monoisotopic (exact) mass is 184 g/mol. The minimum absolute atomic E-state index is 0.874. The van der Waals surface area contributed by atoms with Gasteiger partial charge in [0.25, 0.3) is 0 Å². The summed E-state index contributed by atoms with van der Waals surface area (Å²) in [6.07, 6.45) is 11.3. The zero-order valence-electron chi connectivity index (χ0n) is 7.38. The lowest BCUT2D eigenvalue weighted by Gasteiger charge is -2.28. The number of aliphatic imine (C=N–C) groups is 1. The van der Waals surface area contributed by atoms with Crippen LogP contribution >= 0.6 is 0 Å². The van der Waals surface area contributed by atoms with Gasteiger partial charge < -0.3 is 0 Å². The molecule has 0 amide bonds. The van der Waals surface area contributed by atoms with Crippen LogP contribution in [0.1, 0.15) is 0 Å². The lowest BCUT2D eigenvalue weighted by atomic mass is 10.3. The van der Waals surface area contributed by atoms with Crippen molar-refractivity contribution in [2.45, 2.75) is 0 Å². The molecule has 1 aromatic rings. The predicted octanol–water partition coefficient (Wildman–Crippen LogP) is 1.84. The highest BCUT2D eigenvalue weighted by molar-refractivity contribution is 6.00. The van der Waals surface area contributed by atoms with Gasteiger partial charge in [0, 0.05) is 12.4 Å². The first-order chi connectivity index (χ1) is 6.93. The van der Waals surface area contributed by atoms with Gasteiger partial charge in [-0.15, -0.1) is 0 Å². The zero-order chi connectivity index (χ0) is 9.38. The summed E-state index contributed by atoms with van der Waals surface area (Å²) in [4.78, 5) is 8.47. The third-order valence-corrected chi connectivity index (χ3v) is 2.11. The quantitative estimate of drug-likeness (QED) is 0.668. The smallest absolute Gasteiger partial charge is 0.152 e. The summed E-state index contributed by atoms with van der Waals surface area (Å²) in [6.45, 7) is 0. The van der Waals surface area contributed by atoms with Crippen LogP contribution in [-0.4, -0.2) is 15.8 Å². The van der Waals surface area contributed by atoms with E-state index in [0.29, 0.717) is 0 Å². The maximum absolute atomic E-state index is 4.45. The maximum atomic E-state index is 4.45. The van der Waals surface area contributed by atoms with E-state index in [-0.39, 0.29) is 0 Å². The number of amidine groups is 1. The van der Waals surface area contributed by atoms with Crippen molar-refractivity contribution in [3.63, 3.8) is 0 Å². The first kappa shape index (κ1) is 7.32.